The molecular formula is C12H11N3. The molecule has 3 aromatic rings. The summed E-state index contributed by atoms with van der Waals surface area (Å²) < 4.78 is 0. The van der Waals surface area contributed by atoms with Gasteiger partial charge in [0, 0.05) is 24.8 Å². The Morgan fingerprint density at radius 3 is 1.67 bits per heavy atom. The summed E-state index contributed by atoms with van der Waals surface area (Å²) in [4.78, 5) is 11.1. The first kappa shape index (κ1) is 9.40. The second-order valence-electron chi connectivity index (χ2n) is 2.93. The maximum absolute atomic E-state index is 4.12. The molecule has 0 saturated carbocycles. The van der Waals surface area contributed by atoms with E-state index in [4.69, 9.17) is 0 Å². The van der Waals surface area contributed by atoms with E-state index >= 15 is 0 Å². The summed E-state index contributed by atoms with van der Waals surface area (Å²) in [7, 11) is 0. The molecule has 15 heavy (non-hydrogen) atoms. The number of benzene rings is 1. The van der Waals surface area contributed by atoms with Crippen LogP contribution in [-0.4, -0.2) is 15.0 Å². The largest absolute Gasteiger partial charge is 0.368 e. The molecule has 2 heterocycles. The minimum atomic E-state index is 0.949. The van der Waals surface area contributed by atoms with Crippen LogP contribution in [0.2, 0.25) is 0 Å². The maximum atomic E-state index is 4.12. The first-order valence-corrected chi connectivity index (χ1v) is 4.70. The summed E-state index contributed by atoms with van der Waals surface area (Å²) in [5.41, 5.74) is 1.90. The van der Waals surface area contributed by atoms with Crippen molar-refractivity contribution in [2.24, 2.45) is 0 Å². The number of hydrogen-bond acceptors (Lipinski definition) is 2. The first-order valence-electron chi connectivity index (χ1n) is 4.70. The SMILES string of the molecule is c1cc[nH]c1.c1ccc2nccnc2c1. The van der Waals surface area contributed by atoms with Crippen LogP contribution in [0.25, 0.3) is 11.0 Å². The van der Waals surface area contributed by atoms with E-state index in [9.17, 15) is 0 Å². The Morgan fingerprint density at radius 1 is 0.733 bits per heavy atom. The van der Waals surface area contributed by atoms with E-state index in [2.05, 4.69) is 15.0 Å². The molecule has 0 aliphatic carbocycles. The summed E-state index contributed by atoms with van der Waals surface area (Å²) in [5.74, 6) is 0. The quantitative estimate of drug-likeness (QED) is 0.602. The lowest BCUT2D eigenvalue weighted by Crippen LogP contribution is -1.78. The van der Waals surface area contributed by atoms with E-state index < -0.39 is 0 Å². The molecule has 0 atom stereocenters. The molecular weight excluding hydrogens is 186 g/mol. The van der Waals surface area contributed by atoms with Crippen molar-refractivity contribution in [1.29, 1.82) is 0 Å². The second-order valence-corrected chi connectivity index (χ2v) is 2.93. The molecule has 0 unspecified atom stereocenters. The van der Waals surface area contributed by atoms with Gasteiger partial charge in [-0.05, 0) is 24.3 Å². The molecule has 0 spiro atoms. The van der Waals surface area contributed by atoms with Gasteiger partial charge < -0.3 is 4.98 Å². The number of nitrogens with zero attached hydrogens (tertiary/aromatic N) is 2. The summed E-state index contributed by atoms with van der Waals surface area (Å²) in [6, 6.07) is 11.7. The van der Waals surface area contributed by atoms with Gasteiger partial charge in [-0.15, -0.1) is 0 Å². The number of para-hydroxylation sites is 2. The Morgan fingerprint density at radius 2 is 1.27 bits per heavy atom. The Balaban J connectivity index is 0.000000144. The van der Waals surface area contributed by atoms with Gasteiger partial charge >= 0.3 is 0 Å². The number of fused-ring (bicyclic) bond motifs is 1. The van der Waals surface area contributed by atoms with Crippen LogP contribution in [0.3, 0.4) is 0 Å². The molecule has 0 amide bonds. The van der Waals surface area contributed by atoms with Crippen molar-refractivity contribution < 1.29 is 0 Å². The standard InChI is InChI=1S/C8H6N2.C4H5N/c1-2-4-8-7(3-1)9-5-6-10-8;1-2-4-5-3-1/h1-6H;1-5H. The van der Waals surface area contributed by atoms with E-state index in [-0.39, 0.29) is 0 Å². The third kappa shape index (κ3) is 2.64. The van der Waals surface area contributed by atoms with Crippen LogP contribution < -0.4 is 0 Å². The van der Waals surface area contributed by atoms with Crippen LogP contribution in [0.15, 0.2) is 61.2 Å². The Kier molecular flexibility index (Phi) is 3.07. The summed E-state index contributed by atoms with van der Waals surface area (Å²) >= 11 is 0. The maximum Gasteiger partial charge on any atom is 0.0886 e. The van der Waals surface area contributed by atoms with Crippen LogP contribution in [0.5, 0.6) is 0 Å². The van der Waals surface area contributed by atoms with Crippen LogP contribution >= 0.6 is 0 Å². The monoisotopic (exact) mass is 197 g/mol. The molecule has 2 aromatic heterocycles. The molecule has 0 saturated heterocycles. The fraction of sp³-hybridized carbons (Fsp3) is 0. The Hall–Kier alpha value is -2.16. The van der Waals surface area contributed by atoms with Crippen LogP contribution in [-0.2, 0) is 0 Å². The number of H-pyrrole nitrogens is 1. The highest BCUT2D eigenvalue weighted by molar-refractivity contribution is 5.72. The van der Waals surface area contributed by atoms with Crippen molar-refractivity contribution in [3.05, 3.63) is 61.2 Å². The van der Waals surface area contributed by atoms with Crippen molar-refractivity contribution in [2.45, 2.75) is 0 Å². The molecule has 0 aliphatic rings. The zero-order valence-electron chi connectivity index (χ0n) is 8.17. The third-order valence-electron chi connectivity index (χ3n) is 1.87. The minimum Gasteiger partial charge on any atom is -0.368 e. The van der Waals surface area contributed by atoms with Gasteiger partial charge in [-0.1, -0.05) is 12.1 Å². The smallest absolute Gasteiger partial charge is 0.0886 e. The van der Waals surface area contributed by atoms with E-state index in [1.54, 1.807) is 12.4 Å². The molecule has 1 aromatic carbocycles. The van der Waals surface area contributed by atoms with Crippen molar-refractivity contribution in [3.63, 3.8) is 0 Å². The zero-order chi connectivity index (χ0) is 10.3. The minimum absolute atomic E-state index is 0.949. The van der Waals surface area contributed by atoms with Gasteiger partial charge in [0.05, 0.1) is 11.0 Å². The van der Waals surface area contributed by atoms with Crippen LogP contribution in [0.1, 0.15) is 0 Å². The van der Waals surface area contributed by atoms with Crippen molar-refractivity contribution >= 4 is 11.0 Å². The topological polar surface area (TPSA) is 41.6 Å². The van der Waals surface area contributed by atoms with Gasteiger partial charge in [0.1, 0.15) is 0 Å². The Bertz CT molecular complexity index is 420. The summed E-state index contributed by atoms with van der Waals surface area (Å²) in [6.07, 6.45) is 7.14. The fourth-order valence-electron chi connectivity index (χ4n) is 1.19. The molecule has 0 radical (unpaired) electrons. The van der Waals surface area contributed by atoms with E-state index in [0.29, 0.717) is 0 Å². The highest BCUT2D eigenvalue weighted by Crippen LogP contribution is 2.04. The van der Waals surface area contributed by atoms with Gasteiger partial charge in [0.25, 0.3) is 0 Å². The number of aromatic amines is 1. The number of rotatable bonds is 0. The average Bonchev–Trinajstić information content (AvgIpc) is 2.88. The first-order chi connectivity index (χ1) is 7.47. The number of aromatic nitrogens is 3. The van der Waals surface area contributed by atoms with Gasteiger partial charge in [0.15, 0.2) is 0 Å². The van der Waals surface area contributed by atoms with E-state index in [0.717, 1.165) is 11.0 Å². The summed E-state index contributed by atoms with van der Waals surface area (Å²) in [5, 5.41) is 0. The van der Waals surface area contributed by atoms with Crippen LogP contribution in [0.4, 0.5) is 0 Å². The number of hydrogen-bond donors (Lipinski definition) is 1. The second kappa shape index (κ2) is 4.91. The number of nitrogens with one attached hydrogen (secondary N) is 1. The predicted molar refractivity (Wildman–Crippen MR) is 60.3 cm³/mol. The average molecular weight is 197 g/mol. The van der Waals surface area contributed by atoms with Crippen molar-refractivity contribution in [1.82, 2.24) is 15.0 Å². The molecule has 0 aliphatic heterocycles. The molecule has 3 heteroatoms. The van der Waals surface area contributed by atoms with Gasteiger partial charge in [-0.2, -0.15) is 0 Å². The van der Waals surface area contributed by atoms with E-state index in [1.165, 1.54) is 0 Å². The lowest BCUT2D eigenvalue weighted by atomic mass is 10.3. The lowest BCUT2D eigenvalue weighted by molar-refractivity contribution is 1.29. The van der Waals surface area contributed by atoms with Crippen LogP contribution in [0, 0.1) is 0 Å². The fourth-order valence-corrected chi connectivity index (χ4v) is 1.19. The zero-order valence-corrected chi connectivity index (χ0v) is 8.17. The lowest BCUT2D eigenvalue weighted by Gasteiger charge is -1.90. The summed E-state index contributed by atoms with van der Waals surface area (Å²) in [6.45, 7) is 0. The molecule has 1 N–H and O–H groups in total. The normalized spacial score (nSPS) is 9.33. The van der Waals surface area contributed by atoms with E-state index in [1.807, 2.05) is 48.8 Å². The van der Waals surface area contributed by atoms with Gasteiger partial charge in [-0.25, -0.2) is 0 Å². The van der Waals surface area contributed by atoms with Gasteiger partial charge in [-0.3, -0.25) is 9.97 Å². The van der Waals surface area contributed by atoms with Crippen molar-refractivity contribution in [3.8, 4) is 0 Å². The molecule has 0 bridgehead atoms. The third-order valence-corrected chi connectivity index (χ3v) is 1.87. The Labute approximate surface area is 87.8 Å². The van der Waals surface area contributed by atoms with Gasteiger partial charge in [0.2, 0.25) is 0 Å². The molecule has 3 rings (SSSR count). The molecule has 74 valence electrons. The highest BCUT2D eigenvalue weighted by atomic mass is 14.8. The molecule has 3 nitrogen and oxygen atoms in total. The molecule has 0 fully saturated rings. The highest BCUT2D eigenvalue weighted by Gasteiger charge is 1.88. The van der Waals surface area contributed by atoms with Crippen molar-refractivity contribution in [2.75, 3.05) is 0 Å². The predicted octanol–water partition coefficient (Wildman–Crippen LogP) is 2.64.